The normalized spacial score (nSPS) is 26.1. The van der Waals surface area contributed by atoms with Crippen LogP contribution < -0.4 is 19.7 Å². The van der Waals surface area contributed by atoms with Gasteiger partial charge >= 0.3 is 5.97 Å². The monoisotopic (exact) mass is 614 g/mol. The smallest absolute Gasteiger partial charge is 0.304 e. The van der Waals surface area contributed by atoms with Gasteiger partial charge in [-0.3, -0.25) is 24.2 Å². The van der Waals surface area contributed by atoms with Crippen LogP contribution in [-0.2, 0) is 29.5 Å². The van der Waals surface area contributed by atoms with Crippen molar-refractivity contribution >= 4 is 48.1 Å². The minimum Gasteiger partial charge on any atom is -0.497 e. The Morgan fingerprint density at radius 1 is 1.05 bits per heavy atom. The molecule has 1 unspecified atom stereocenters. The molecule has 5 atom stereocenters. The van der Waals surface area contributed by atoms with Crippen LogP contribution >= 0.6 is 0 Å². The Morgan fingerprint density at radius 3 is 2.36 bits per heavy atom. The molecule has 10 heteroatoms. The molecule has 3 aromatic rings. The summed E-state index contributed by atoms with van der Waals surface area (Å²) in [6.45, 7) is 7.90. The Bertz CT molecular complexity index is 1590. The molecular formula is C34H38N2O7Si. The van der Waals surface area contributed by atoms with Crippen molar-refractivity contribution in [2.45, 2.75) is 63.3 Å². The number of benzene rings is 3. The van der Waals surface area contributed by atoms with Crippen LogP contribution in [0.15, 0.2) is 72.8 Å². The second-order valence-electron chi connectivity index (χ2n) is 12.4. The molecule has 0 radical (unpaired) electrons. The SMILES string of the molecule is COc1ccc([Si](C)(C)[C@H]2[C@H](CCO)O[C@@]3(C(=O)N(c4ccccc4)c4ccc(N5C(=O)CC5OC(C)=O)cc43)[C@@H]2C)cc1. The molecule has 2 saturated heterocycles. The number of aliphatic hydroxyl groups is 1. The van der Waals surface area contributed by atoms with Gasteiger partial charge in [0.25, 0.3) is 5.91 Å². The lowest BCUT2D eigenvalue weighted by Gasteiger charge is -2.39. The molecule has 230 valence electrons. The zero-order chi connectivity index (χ0) is 31.4. The van der Waals surface area contributed by atoms with E-state index in [-0.39, 0.29) is 42.4 Å². The molecule has 3 aliphatic heterocycles. The summed E-state index contributed by atoms with van der Waals surface area (Å²) in [6.07, 6.45) is -0.591. The van der Waals surface area contributed by atoms with Gasteiger partial charge in [0.05, 0.1) is 33.4 Å². The molecule has 6 rings (SSSR count). The van der Waals surface area contributed by atoms with Crippen LogP contribution in [0.2, 0.25) is 18.6 Å². The van der Waals surface area contributed by atoms with Crippen molar-refractivity contribution in [3.63, 3.8) is 0 Å². The van der Waals surface area contributed by atoms with Gasteiger partial charge in [0, 0.05) is 36.4 Å². The number of carbonyl (C=O) groups excluding carboxylic acids is 3. The number of methoxy groups -OCH3 is 1. The predicted molar refractivity (Wildman–Crippen MR) is 169 cm³/mol. The van der Waals surface area contributed by atoms with Gasteiger partial charge in [0.15, 0.2) is 11.8 Å². The van der Waals surface area contributed by atoms with Crippen molar-refractivity contribution in [3.8, 4) is 5.75 Å². The number of carbonyl (C=O) groups is 3. The summed E-state index contributed by atoms with van der Waals surface area (Å²) < 4.78 is 17.8. The summed E-state index contributed by atoms with van der Waals surface area (Å²) in [5.41, 5.74) is 1.22. The molecule has 0 bridgehead atoms. The lowest BCUT2D eigenvalue weighted by Crippen LogP contribution is -2.55. The molecule has 1 N–H and O–H groups in total. The first kappa shape index (κ1) is 30.1. The van der Waals surface area contributed by atoms with Gasteiger partial charge in [-0.25, -0.2) is 0 Å². The first-order chi connectivity index (χ1) is 21.0. The molecule has 2 amide bonds. The van der Waals surface area contributed by atoms with E-state index in [1.165, 1.54) is 17.0 Å². The maximum atomic E-state index is 14.9. The minimum absolute atomic E-state index is 0.0290. The van der Waals surface area contributed by atoms with E-state index < -0.39 is 25.9 Å². The van der Waals surface area contributed by atoms with Crippen LogP contribution in [-0.4, -0.2) is 57.0 Å². The van der Waals surface area contributed by atoms with Gasteiger partial charge in [0.1, 0.15) is 5.75 Å². The van der Waals surface area contributed by atoms with Crippen molar-refractivity contribution in [2.75, 3.05) is 23.5 Å². The maximum Gasteiger partial charge on any atom is 0.304 e. The highest BCUT2D eigenvalue weighted by Crippen LogP contribution is 2.61. The summed E-state index contributed by atoms with van der Waals surface area (Å²) in [7, 11) is -0.705. The standard InChI is InChI=1S/C34H38N2O7Si/c1-21-32(44(4,5)26-14-12-25(41-3)13-15-26)29(17-18-37)43-34(21)27-19-24(36-30(39)20-31(36)42-22(2)38)11-16-28(27)35(33(34)40)23-9-7-6-8-10-23/h6-16,19,21,29,31-32,37H,17-18,20H2,1-5H3/t21-,29+,31?,32-,34+/m1/s1. The fourth-order valence-electron chi connectivity index (χ4n) is 7.59. The molecule has 3 heterocycles. The average molecular weight is 615 g/mol. The Morgan fingerprint density at radius 2 is 1.75 bits per heavy atom. The second-order valence-corrected chi connectivity index (χ2v) is 17.1. The summed E-state index contributed by atoms with van der Waals surface area (Å²) in [6, 6.07) is 23.1. The quantitative estimate of drug-likeness (QED) is 0.225. The topological polar surface area (TPSA) is 106 Å². The summed E-state index contributed by atoms with van der Waals surface area (Å²) in [5, 5.41) is 11.4. The number of β-lactam (4-membered cyclic amide) rings is 1. The second kappa shape index (κ2) is 11.2. The average Bonchev–Trinajstić information content (AvgIpc) is 3.43. The Kier molecular flexibility index (Phi) is 7.63. The molecular weight excluding hydrogens is 576 g/mol. The maximum absolute atomic E-state index is 14.9. The van der Waals surface area contributed by atoms with Gasteiger partial charge in [-0.05, 0) is 54.4 Å². The van der Waals surface area contributed by atoms with Crippen LogP contribution in [0.5, 0.6) is 5.75 Å². The summed E-state index contributed by atoms with van der Waals surface area (Å²) in [5.74, 6) is -0.326. The number of aliphatic hydroxyl groups excluding tert-OH is 1. The molecule has 44 heavy (non-hydrogen) atoms. The number of hydrogen-bond acceptors (Lipinski definition) is 7. The van der Waals surface area contributed by atoms with Crippen LogP contribution in [0.1, 0.15) is 32.3 Å². The third-order valence-corrected chi connectivity index (χ3v) is 14.0. The number of ether oxygens (including phenoxy) is 3. The highest BCUT2D eigenvalue weighted by molar-refractivity contribution is 6.91. The predicted octanol–water partition coefficient (Wildman–Crippen LogP) is 4.60. The van der Waals surface area contributed by atoms with E-state index in [2.05, 4.69) is 32.2 Å². The fourth-order valence-corrected chi connectivity index (χ4v) is 11.7. The Hall–Kier alpha value is -3.99. The number of anilines is 3. The lowest BCUT2D eigenvalue weighted by atomic mass is 9.82. The third-order valence-electron chi connectivity index (χ3n) is 9.64. The minimum atomic E-state index is -2.35. The molecule has 0 saturated carbocycles. The number of nitrogens with zero attached hydrogens (tertiary/aromatic N) is 2. The largest absolute Gasteiger partial charge is 0.497 e. The van der Waals surface area contributed by atoms with E-state index in [1.54, 1.807) is 18.1 Å². The highest BCUT2D eigenvalue weighted by Gasteiger charge is 2.66. The number of para-hydroxylation sites is 1. The van der Waals surface area contributed by atoms with Crippen LogP contribution in [0.4, 0.5) is 17.1 Å². The first-order valence-corrected chi connectivity index (χ1v) is 18.1. The van der Waals surface area contributed by atoms with Crippen molar-refractivity contribution in [2.24, 2.45) is 5.92 Å². The number of fused-ring (bicyclic) bond motifs is 2. The number of amides is 2. The van der Waals surface area contributed by atoms with E-state index in [9.17, 15) is 19.5 Å². The van der Waals surface area contributed by atoms with E-state index >= 15 is 0 Å². The molecule has 3 aromatic carbocycles. The van der Waals surface area contributed by atoms with Gasteiger partial charge in [0.2, 0.25) is 5.91 Å². The zero-order valence-electron chi connectivity index (χ0n) is 25.7. The zero-order valence-corrected chi connectivity index (χ0v) is 26.7. The van der Waals surface area contributed by atoms with Crippen LogP contribution in [0.3, 0.4) is 0 Å². The van der Waals surface area contributed by atoms with Crippen molar-refractivity contribution in [1.29, 1.82) is 0 Å². The Balaban J connectivity index is 1.50. The van der Waals surface area contributed by atoms with Crippen LogP contribution in [0.25, 0.3) is 0 Å². The van der Waals surface area contributed by atoms with Crippen molar-refractivity contribution in [3.05, 3.63) is 78.4 Å². The molecule has 0 aromatic heterocycles. The highest BCUT2D eigenvalue weighted by atomic mass is 28.3. The third kappa shape index (κ3) is 4.55. The lowest BCUT2D eigenvalue weighted by molar-refractivity contribution is -0.153. The molecule has 1 spiro atoms. The van der Waals surface area contributed by atoms with Gasteiger partial charge < -0.3 is 19.3 Å². The van der Waals surface area contributed by atoms with Gasteiger partial charge in [-0.15, -0.1) is 0 Å². The van der Waals surface area contributed by atoms with Gasteiger partial charge in [-0.2, -0.15) is 0 Å². The van der Waals surface area contributed by atoms with E-state index in [0.717, 1.165) is 5.75 Å². The Labute approximate surface area is 258 Å². The van der Waals surface area contributed by atoms with E-state index in [4.69, 9.17) is 14.2 Å². The molecule has 3 aliphatic rings. The number of rotatable bonds is 8. The van der Waals surface area contributed by atoms with Crippen LogP contribution in [0, 0.1) is 5.92 Å². The van der Waals surface area contributed by atoms with E-state index in [0.29, 0.717) is 29.0 Å². The number of esters is 1. The molecule has 9 nitrogen and oxygen atoms in total. The summed E-state index contributed by atoms with van der Waals surface area (Å²) >= 11 is 0. The number of hydrogen-bond donors (Lipinski definition) is 1. The van der Waals surface area contributed by atoms with E-state index in [1.807, 2.05) is 54.6 Å². The van der Waals surface area contributed by atoms with Crippen molar-refractivity contribution in [1.82, 2.24) is 0 Å². The molecule has 2 fully saturated rings. The summed E-state index contributed by atoms with van der Waals surface area (Å²) in [4.78, 5) is 42.5. The first-order valence-electron chi connectivity index (χ1n) is 15.0. The van der Waals surface area contributed by atoms with Gasteiger partial charge in [-0.1, -0.05) is 55.5 Å². The molecule has 0 aliphatic carbocycles. The fraction of sp³-hybridized carbons (Fsp3) is 0.382. The van der Waals surface area contributed by atoms with Crippen molar-refractivity contribution < 1.29 is 33.7 Å².